The highest BCUT2D eigenvalue weighted by Gasteiger charge is 2.18. The summed E-state index contributed by atoms with van der Waals surface area (Å²) in [5, 5.41) is 3.19. The summed E-state index contributed by atoms with van der Waals surface area (Å²) >= 11 is 0. The molecular weight excluding hydrogens is 482 g/mol. The maximum absolute atomic E-state index is 12.7. The van der Waals surface area contributed by atoms with Crippen LogP contribution in [0.2, 0.25) is 0 Å². The van der Waals surface area contributed by atoms with Crippen LogP contribution < -0.4 is 14.8 Å². The van der Waals surface area contributed by atoms with Gasteiger partial charge in [-0.15, -0.1) is 0 Å². The highest BCUT2D eigenvalue weighted by atomic mass is 32.2. The summed E-state index contributed by atoms with van der Waals surface area (Å²) in [5.41, 5.74) is 1.82. The molecule has 9 heteroatoms. The summed E-state index contributed by atoms with van der Waals surface area (Å²) in [6.07, 6.45) is 0.715. The Balaban J connectivity index is 0.000000830. The number of hydrogen-bond acceptors (Lipinski definition) is 7. The van der Waals surface area contributed by atoms with E-state index in [4.69, 9.17) is 14.0 Å². The largest absolute Gasteiger partial charge is 0.453 e. The van der Waals surface area contributed by atoms with Crippen molar-refractivity contribution in [2.24, 2.45) is 0 Å². The third-order valence-electron chi connectivity index (χ3n) is 4.51. The van der Waals surface area contributed by atoms with Crippen LogP contribution >= 0.6 is 0 Å². The van der Waals surface area contributed by atoms with Crippen molar-refractivity contribution in [3.05, 3.63) is 89.5 Å². The van der Waals surface area contributed by atoms with Crippen molar-refractivity contribution in [3.63, 3.8) is 0 Å². The summed E-state index contributed by atoms with van der Waals surface area (Å²) in [7, 11) is -3.67. The van der Waals surface area contributed by atoms with Gasteiger partial charge in [0.05, 0.1) is 18.4 Å². The molecule has 0 heterocycles. The fourth-order valence-electron chi connectivity index (χ4n) is 2.76. The van der Waals surface area contributed by atoms with Crippen LogP contribution in [0.15, 0.2) is 72.8 Å². The second-order valence-electron chi connectivity index (χ2n) is 9.09. The molecule has 0 saturated carbocycles. The van der Waals surface area contributed by atoms with Crippen LogP contribution in [0.25, 0.3) is 0 Å². The van der Waals surface area contributed by atoms with Crippen LogP contribution in [0, 0.1) is 6.92 Å². The minimum Gasteiger partial charge on any atom is -0.453 e. The number of hydrogen-bond donors (Lipinski definition) is 2. The minimum absolute atomic E-state index is 0.0791. The second-order valence-corrected chi connectivity index (χ2v) is 10.6. The number of carbonyl (C=O) groups is 2. The van der Waals surface area contributed by atoms with Gasteiger partial charge in [-0.1, -0.05) is 35.9 Å². The number of aryl methyl sites for hydroxylation is 1. The molecule has 0 aliphatic rings. The van der Waals surface area contributed by atoms with Gasteiger partial charge in [-0.3, -0.25) is 9.35 Å². The number of rotatable bonds is 7. The predicted molar refractivity (Wildman–Crippen MR) is 139 cm³/mol. The second kappa shape index (κ2) is 12.4. The monoisotopic (exact) mass is 513 g/mol. The number of ether oxygens (including phenoxy) is 2. The van der Waals surface area contributed by atoms with Gasteiger partial charge >= 0.3 is 5.97 Å². The van der Waals surface area contributed by atoms with Crippen LogP contribution in [0.4, 0.5) is 0 Å². The summed E-state index contributed by atoms with van der Waals surface area (Å²) in [6, 6.07) is 21.1. The first-order valence-electron chi connectivity index (χ1n) is 11.1. The molecule has 0 spiro atoms. The Morgan fingerprint density at radius 1 is 0.889 bits per heavy atom. The van der Waals surface area contributed by atoms with Crippen LogP contribution in [-0.2, 0) is 10.1 Å². The Morgan fingerprint density at radius 3 is 2.03 bits per heavy atom. The minimum atomic E-state index is -3.67. The zero-order valence-electron chi connectivity index (χ0n) is 20.9. The molecular formula is C27H31NO7S. The van der Waals surface area contributed by atoms with Crippen molar-refractivity contribution >= 4 is 21.9 Å². The first kappa shape index (κ1) is 28.7. The topological polar surface area (TPSA) is 119 Å². The molecule has 3 aromatic carbocycles. The predicted octanol–water partition coefficient (Wildman–Crippen LogP) is 5.08. The first-order valence-corrected chi connectivity index (χ1v) is 12.9. The highest BCUT2D eigenvalue weighted by molar-refractivity contribution is 7.85. The van der Waals surface area contributed by atoms with E-state index in [0.717, 1.165) is 5.56 Å². The van der Waals surface area contributed by atoms with Crippen LogP contribution in [0.5, 0.6) is 17.2 Å². The van der Waals surface area contributed by atoms with E-state index < -0.39 is 16.1 Å². The van der Waals surface area contributed by atoms with Gasteiger partial charge in [-0.05, 0) is 70.2 Å². The molecule has 2 N–H and O–H groups in total. The summed E-state index contributed by atoms with van der Waals surface area (Å²) in [4.78, 5) is 25.2. The van der Waals surface area contributed by atoms with Crippen molar-refractivity contribution in [1.29, 1.82) is 0 Å². The molecule has 36 heavy (non-hydrogen) atoms. The lowest BCUT2D eigenvalue weighted by atomic mass is 10.1. The van der Waals surface area contributed by atoms with Crippen LogP contribution in [0.3, 0.4) is 0 Å². The molecule has 0 atom stereocenters. The van der Waals surface area contributed by atoms with Crippen molar-refractivity contribution in [2.75, 3.05) is 12.8 Å². The zero-order valence-corrected chi connectivity index (χ0v) is 21.8. The molecule has 0 unspecified atom stereocenters. The molecule has 0 radical (unpaired) electrons. The van der Waals surface area contributed by atoms with E-state index in [1.807, 2.05) is 58.0 Å². The van der Waals surface area contributed by atoms with E-state index in [1.54, 1.807) is 42.5 Å². The summed E-state index contributed by atoms with van der Waals surface area (Å²) in [5.74, 6) is 0.553. The van der Waals surface area contributed by atoms with Crippen LogP contribution in [-0.4, -0.2) is 43.1 Å². The summed E-state index contributed by atoms with van der Waals surface area (Å²) in [6.45, 7) is 8.17. The normalized spacial score (nSPS) is 11.2. The molecule has 8 nitrogen and oxygen atoms in total. The highest BCUT2D eigenvalue weighted by Crippen LogP contribution is 2.33. The molecule has 0 saturated heterocycles. The molecule has 0 aliphatic carbocycles. The lowest BCUT2D eigenvalue weighted by Crippen LogP contribution is -2.39. The Hall–Kier alpha value is -3.53. The van der Waals surface area contributed by atoms with E-state index in [1.165, 1.54) is 0 Å². The SMILES string of the molecule is CS(=O)(=O)O.Cc1ccc(Oc2cc(C(=O)CNC(C)(C)C)ccc2OC(=O)c2ccccc2)cc1. The van der Waals surface area contributed by atoms with Gasteiger partial charge in [0.15, 0.2) is 17.3 Å². The molecule has 0 aromatic heterocycles. The van der Waals surface area contributed by atoms with E-state index >= 15 is 0 Å². The fourth-order valence-corrected chi connectivity index (χ4v) is 2.76. The Labute approximate surface area is 212 Å². The van der Waals surface area contributed by atoms with Gasteiger partial charge < -0.3 is 14.8 Å². The molecule has 0 fully saturated rings. The number of esters is 1. The molecule has 3 rings (SSSR count). The van der Waals surface area contributed by atoms with E-state index in [0.29, 0.717) is 28.9 Å². The van der Waals surface area contributed by atoms with Crippen molar-refractivity contribution in [3.8, 4) is 17.2 Å². The average Bonchev–Trinajstić information content (AvgIpc) is 2.79. The standard InChI is InChI=1S/C26H27NO4.CH4O3S/c1-18-10-13-21(14-11-18)30-24-16-20(22(28)17-27-26(2,3)4)12-15-23(24)31-25(29)19-8-6-5-7-9-19;1-5(2,3)4/h5-16,27H,17H2,1-4H3;1H3,(H,2,3,4). The van der Waals surface area contributed by atoms with Gasteiger partial charge in [0.25, 0.3) is 10.1 Å². The Morgan fingerprint density at radius 2 is 1.47 bits per heavy atom. The number of benzene rings is 3. The smallest absolute Gasteiger partial charge is 0.343 e. The first-order chi connectivity index (χ1) is 16.7. The molecule has 3 aromatic rings. The lowest BCUT2D eigenvalue weighted by molar-refractivity contribution is 0.0730. The summed E-state index contributed by atoms with van der Waals surface area (Å²) < 4.78 is 37.4. The number of Topliss-reactive ketones (excluding diaryl/α,β-unsaturated/α-hetero) is 1. The number of carbonyl (C=O) groups excluding carboxylic acids is 2. The molecule has 192 valence electrons. The third-order valence-corrected chi connectivity index (χ3v) is 4.51. The van der Waals surface area contributed by atoms with Crippen molar-refractivity contribution in [2.45, 2.75) is 33.2 Å². The molecule has 0 aliphatic heterocycles. The fraction of sp³-hybridized carbons (Fsp3) is 0.259. The van der Waals surface area contributed by atoms with Crippen LogP contribution in [0.1, 0.15) is 47.1 Å². The van der Waals surface area contributed by atoms with E-state index in [2.05, 4.69) is 5.32 Å². The van der Waals surface area contributed by atoms with Gasteiger partial charge in [-0.25, -0.2) is 4.79 Å². The van der Waals surface area contributed by atoms with Gasteiger partial charge in [-0.2, -0.15) is 8.42 Å². The number of ketones is 1. The Bertz CT molecular complexity index is 1270. The van der Waals surface area contributed by atoms with Gasteiger partial charge in [0, 0.05) is 11.1 Å². The van der Waals surface area contributed by atoms with E-state index in [-0.39, 0.29) is 23.6 Å². The zero-order chi connectivity index (χ0) is 26.9. The quantitative estimate of drug-likeness (QED) is 0.194. The van der Waals surface area contributed by atoms with Crippen molar-refractivity contribution in [1.82, 2.24) is 5.32 Å². The lowest BCUT2D eigenvalue weighted by Gasteiger charge is -2.20. The van der Waals surface area contributed by atoms with Gasteiger partial charge in [0.1, 0.15) is 5.75 Å². The van der Waals surface area contributed by atoms with Crippen molar-refractivity contribution < 1.29 is 32.0 Å². The molecule has 0 amide bonds. The maximum Gasteiger partial charge on any atom is 0.343 e. The van der Waals surface area contributed by atoms with Gasteiger partial charge in [0.2, 0.25) is 0 Å². The maximum atomic E-state index is 12.7. The molecule has 0 bridgehead atoms. The van der Waals surface area contributed by atoms with E-state index in [9.17, 15) is 18.0 Å². The Kier molecular flexibility index (Phi) is 9.92. The third kappa shape index (κ3) is 10.8. The number of nitrogens with one attached hydrogen (secondary N) is 1. The average molecular weight is 514 g/mol.